The van der Waals surface area contributed by atoms with Gasteiger partial charge in [-0.05, 0) is 50.7 Å². The molecule has 0 saturated heterocycles. The van der Waals surface area contributed by atoms with Crippen LogP contribution in [0.2, 0.25) is 0 Å². The van der Waals surface area contributed by atoms with Gasteiger partial charge in [0.05, 0.1) is 7.11 Å². The smallest absolute Gasteiger partial charge is 0.363 e. The first-order chi connectivity index (χ1) is 19.2. The maximum atomic E-state index is 13.5. The number of ether oxygens (including phenoxy) is 2. The molecule has 0 aliphatic carbocycles. The molecule has 1 aliphatic heterocycles. The topological polar surface area (TPSA) is 97.5 Å². The Morgan fingerprint density at radius 2 is 1.57 bits per heavy atom. The van der Waals surface area contributed by atoms with E-state index < -0.39 is 17.5 Å². The van der Waals surface area contributed by atoms with Crippen molar-refractivity contribution >= 4 is 23.4 Å². The van der Waals surface area contributed by atoms with E-state index in [1.807, 2.05) is 12.1 Å². The molecule has 1 unspecified atom stereocenters. The molecule has 1 heterocycles. The van der Waals surface area contributed by atoms with E-state index in [0.29, 0.717) is 18.7 Å². The van der Waals surface area contributed by atoms with E-state index in [2.05, 4.69) is 38.9 Å². The summed E-state index contributed by atoms with van der Waals surface area (Å²) in [6.45, 7) is 10.7. The Morgan fingerprint density at radius 1 is 0.975 bits per heavy atom. The minimum absolute atomic E-state index is 0.130. The zero-order valence-electron chi connectivity index (χ0n) is 25.8. The van der Waals surface area contributed by atoms with Crippen molar-refractivity contribution in [2.45, 2.75) is 136 Å². The predicted octanol–water partition coefficient (Wildman–Crippen LogP) is 7.86. The molecule has 2 rings (SSSR count). The first kappa shape index (κ1) is 33.5. The molecule has 1 atom stereocenters. The molecular formula is C33H52N2O5. The van der Waals surface area contributed by atoms with Crippen LogP contribution in [0.4, 0.5) is 0 Å². The Labute approximate surface area is 241 Å². The largest absolute Gasteiger partial charge is 0.466 e. The van der Waals surface area contributed by atoms with Crippen LogP contribution in [0.1, 0.15) is 134 Å². The maximum absolute atomic E-state index is 13.5. The van der Waals surface area contributed by atoms with Gasteiger partial charge in [0, 0.05) is 17.5 Å². The second kappa shape index (κ2) is 16.5. The summed E-state index contributed by atoms with van der Waals surface area (Å²) >= 11 is 0. The van der Waals surface area contributed by atoms with Gasteiger partial charge in [0.15, 0.2) is 0 Å². The Balaban J connectivity index is 2.20. The van der Waals surface area contributed by atoms with Crippen LogP contribution in [-0.4, -0.2) is 47.8 Å². The van der Waals surface area contributed by atoms with Crippen LogP contribution in [-0.2, 0) is 24.5 Å². The average Bonchev–Trinajstić information content (AvgIpc) is 2.93. The SMILES string of the molecule is CCCCCCCCCCCC(C)(OC(=O)/C(=N/O)C1=NCC(CCC)(CCC)c2c(C)cccc21)C(=O)OC. The number of fused-ring (bicyclic) bond motifs is 1. The van der Waals surface area contributed by atoms with E-state index in [9.17, 15) is 14.8 Å². The molecule has 0 radical (unpaired) electrons. The summed E-state index contributed by atoms with van der Waals surface area (Å²) in [7, 11) is 1.29. The number of aliphatic imine (C=N–C) groups is 1. The normalized spacial score (nSPS) is 16.1. The number of unbranched alkanes of at least 4 members (excludes halogenated alkanes) is 8. The minimum Gasteiger partial charge on any atom is -0.466 e. The lowest BCUT2D eigenvalue weighted by Gasteiger charge is -2.39. The molecule has 0 fully saturated rings. The molecule has 7 nitrogen and oxygen atoms in total. The Morgan fingerprint density at radius 3 is 2.12 bits per heavy atom. The average molecular weight is 557 g/mol. The molecule has 0 aromatic heterocycles. The number of methoxy groups -OCH3 is 1. The van der Waals surface area contributed by atoms with Crippen LogP contribution in [0, 0.1) is 6.92 Å². The van der Waals surface area contributed by atoms with E-state index in [0.717, 1.165) is 68.1 Å². The molecule has 1 aromatic carbocycles. The lowest BCUT2D eigenvalue weighted by atomic mass is 9.68. The molecule has 0 bridgehead atoms. The van der Waals surface area contributed by atoms with Crippen molar-refractivity contribution in [2.24, 2.45) is 10.1 Å². The molecule has 7 heteroatoms. The number of carbonyl (C=O) groups excluding carboxylic acids is 2. The van der Waals surface area contributed by atoms with Crippen molar-refractivity contribution < 1.29 is 24.3 Å². The number of aryl methyl sites for hydroxylation is 1. The highest BCUT2D eigenvalue weighted by Crippen LogP contribution is 2.42. The van der Waals surface area contributed by atoms with Gasteiger partial charge in [-0.25, -0.2) is 9.59 Å². The second-order valence-electron chi connectivity index (χ2n) is 11.6. The molecule has 1 aliphatic rings. The van der Waals surface area contributed by atoms with Crippen molar-refractivity contribution in [1.29, 1.82) is 0 Å². The van der Waals surface area contributed by atoms with Crippen molar-refractivity contribution in [3.63, 3.8) is 0 Å². The Bertz CT molecular complexity index is 1030. The Hall–Kier alpha value is -2.70. The number of rotatable bonds is 18. The zero-order chi connectivity index (χ0) is 29.6. The molecule has 1 aromatic rings. The fourth-order valence-electron chi connectivity index (χ4n) is 6.28. The van der Waals surface area contributed by atoms with E-state index in [4.69, 9.17) is 14.5 Å². The zero-order valence-corrected chi connectivity index (χ0v) is 25.8. The summed E-state index contributed by atoms with van der Waals surface area (Å²) < 4.78 is 10.8. The van der Waals surface area contributed by atoms with Gasteiger partial charge in [-0.3, -0.25) is 4.99 Å². The molecule has 0 saturated carbocycles. The van der Waals surface area contributed by atoms with Gasteiger partial charge >= 0.3 is 11.9 Å². The summed E-state index contributed by atoms with van der Waals surface area (Å²) in [6, 6.07) is 5.94. The molecule has 0 spiro atoms. The van der Waals surface area contributed by atoms with Crippen LogP contribution >= 0.6 is 0 Å². The van der Waals surface area contributed by atoms with Crippen LogP contribution < -0.4 is 0 Å². The van der Waals surface area contributed by atoms with Gasteiger partial charge in [0.25, 0.3) is 0 Å². The molecular weight excluding hydrogens is 504 g/mol. The van der Waals surface area contributed by atoms with Gasteiger partial charge < -0.3 is 14.7 Å². The van der Waals surface area contributed by atoms with E-state index in [1.54, 1.807) is 6.92 Å². The van der Waals surface area contributed by atoms with Gasteiger partial charge in [-0.1, -0.05) is 108 Å². The van der Waals surface area contributed by atoms with Crippen LogP contribution in [0.25, 0.3) is 0 Å². The summed E-state index contributed by atoms with van der Waals surface area (Å²) in [6.07, 6.45) is 14.5. The van der Waals surface area contributed by atoms with Crippen LogP contribution in [0.15, 0.2) is 28.3 Å². The third-order valence-electron chi connectivity index (χ3n) is 8.27. The standard InChI is InChI=1S/C33H52N2O5/c1-7-10-11-12-13-14-15-16-17-23-32(5,31(37)39-6)40-30(36)29(35-38)28-26-20-18-19-25(4)27(26)33(21-8-2,22-9-3)24-34-28/h18-20,38H,7-17,21-24H2,1-6H3/b35-29+. The third kappa shape index (κ3) is 8.40. The van der Waals surface area contributed by atoms with E-state index in [-0.39, 0.29) is 11.1 Å². The van der Waals surface area contributed by atoms with Crippen molar-refractivity contribution in [1.82, 2.24) is 0 Å². The van der Waals surface area contributed by atoms with Gasteiger partial charge in [-0.15, -0.1) is 0 Å². The first-order valence-electron chi connectivity index (χ1n) is 15.4. The van der Waals surface area contributed by atoms with E-state index >= 15 is 0 Å². The summed E-state index contributed by atoms with van der Waals surface area (Å²) in [4.78, 5) is 31.1. The minimum atomic E-state index is -1.48. The number of oxime groups is 1. The molecule has 224 valence electrons. The predicted molar refractivity (Wildman–Crippen MR) is 162 cm³/mol. The van der Waals surface area contributed by atoms with Crippen LogP contribution in [0.5, 0.6) is 0 Å². The fourth-order valence-corrected chi connectivity index (χ4v) is 6.28. The summed E-state index contributed by atoms with van der Waals surface area (Å²) in [5, 5.41) is 13.4. The highest BCUT2D eigenvalue weighted by atomic mass is 16.6. The Kier molecular flexibility index (Phi) is 13.9. The third-order valence-corrected chi connectivity index (χ3v) is 8.27. The van der Waals surface area contributed by atoms with Gasteiger partial charge in [0.2, 0.25) is 11.3 Å². The number of carbonyl (C=O) groups is 2. The van der Waals surface area contributed by atoms with Crippen molar-refractivity contribution in [2.75, 3.05) is 13.7 Å². The fraction of sp³-hybridized carbons (Fsp3) is 0.697. The summed E-state index contributed by atoms with van der Waals surface area (Å²) in [5.74, 6) is -1.50. The van der Waals surface area contributed by atoms with Crippen molar-refractivity contribution in [3.05, 3.63) is 34.9 Å². The van der Waals surface area contributed by atoms with E-state index in [1.165, 1.54) is 39.2 Å². The van der Waals surface area contributed by atoms with Gasteiger partial charge in [-0.2, -0.15) is 0 Å². The lowest BCUT2D eigenvalue weighted by molar-refractivity contribution is -0.175. The number of hydrogen-bond donors (Lipinski definition) is 1. The summed E-state index contributed by atoms with van der Waals surface area (Å²) in [5.41, 5.74) is 1.48. The number of benzene rings is 1. The maximum Gasteiger partial charge on any atom is 0.363 e. The molecule has 1 N–H and O–H groups in total. The highest BCUT2D eigenvalue weighted by Gasteiger charge is 2.43. The quantitative estimate of drug-likeness (QED) is 0.0652. The number of nitrogens with zero attached hydrogens (tertiary/aromatic N) is 2. The highest BCUT2D eigenvalue weighted by molar-refractivity contribution is 6.69. The van der Waals surface area contributed by atoms with Crippen molar-refractivity contribution in [3.8, 4) is 0 Å². The monoisotopic (exact) mass is 556 g/mol. The first-order valence-corrected chi connectivity index (χ1v) is 15.4. The number of hydrogen-bond acceptors (Lipinski definition) is 7. The molecule has 40 heavy (non-hydrogen) atoms. The second-order valence-corrected chi connectivity index (χ2v) is 11.6. The number of esters is 2. The van der Waals surface area contributed by atoms with Gasteiger partial charge in [0.1, 0.15) is 5.71 Å². The molecule has 0 amide bonds. The lowest BCUT2D eigenvalue weighted by Crippen LogP contribution is -2.45. The van der Waals surface area contributed by atoms with Crippen LogP contribution in [0.3, 0.4) is 0 Å².